The molecule has 0 aromatic carbocycles. The number of hydrogen-bond donors (Lipinski definition) is 0. The van der Waals surface area contributed by atoms with Crippen LogP contribution in [0.5, 0.6) is 0 Å². The number of rotatable bonds is 6. The van der Waals surface area contributed by atoms with E-state index in [0.29, 0.717) is 0 Å². The number of alkyl halides is 1. The molecule has 0 aliphatic heterocycles. The standard InChI is InChI=1S/C16H25Cl.C2H6/c1-6-10-12-16(14(8-3)11-7-2)15(9-4)13(5)17;1-2/h7,9-13H,6,8H2,1-5H3;1-2H3/b11-7-,12-10-,15-9+,16-14-;. The van der Waals surface area contributed by atoms with E-state index in [9.17, 15) is 0 Å². The first kappa shape index (κ1) is 20.6. The van der Waals surface area contributed by atoms with Crippen LogP contribution in [-0.4, -0.2) is 5.38 Å². The number of allylic oxidation sites excluding steroid dienone is 8. The van der Waals surface area contributed by atoms with Gasteiger partial charge >= 0.3 is 0 Å². The molecule has 1 unspecified atom stereocenters. The van der Waals surface area contributed by atoms with Gasteiger partial charge in [0, 0.05) is 0 Å². The van der Waals surface area contributed by atoms with E-state index >= 15 is 0 Å². The highest BCUT2D eigenvalue weighted by molar-refractivity contribution is 6.22. The van der Waals surface area contributed by atoms with Gasteiger partial charge in [0.05, 0.1) is 5.38 Å². The quantitative estimate of drug-likeness (QED) is 0.370. The molecule has 0 amide bonds. The predicted octanol–water partition coefficient (Wildman–Crippen LogP) is 6.84. The van der Waals surface area contributed by atoms with E-state index in [0.717, 1.165) is 12.8 Å². The van der Waals surface area contributed by atoms with Gasteiger partial charge in [-0.2, -0.15) is 0 Å². The Labute approximate surface area is 125 Å². The van der Waals surface area contributed by atoms with Crippen molar-refractivity contribution in [1.29, 1.82) is 0 Å². The molecule has 0 fully saturated rings. The average Bonchev–Trinajstić information content (AvgIpc) is 2.43. The zero-order valence-electron chi connectivity index (χ0n) is 13.8. The van der Waals surface area contributed by atoms with E-state index in [1.165, 1.54) is 16.7 Å². The van der Waals surface area contributed by atoms with Crippen LogP contribution in [0.2, 0.25) is 0 Å². The summed E-state index contributed by atoms with van der Waals surface area (Å²) in [6.07, 6.45) is 12.8. The molecule has 0 nitrogen and oxygen atoms in total. The second-order valence-electron chi connectivity index (χ2n) is 3.96. The summed E-state index contributed by atoms with van der Waals surface area (Å²) in [7, 11) is 0. The number of hydrogen-bond acceptors (Lipinski definition) is 0. The van der Waals surface area contributed by atoms with Crippen LogP contribution < -0.4 is 0 Å². The highest BCUT2D eigenvalue weighted by atomic mass is 35.5. The van der Waals surface area contributed by atoms with Gasteiger partial charge in [-0.25, -0.2) is 0 Å². The minimum Gasteiger partial charge on any atom is -0.118 e. The molecule has 0 aliphatic rings. The molecule has 0 aromatic heterocycles. The molecule has 0 bridgehead atoms. The Kier molecular flexibility index (Phi) is 14.8. The summed E-state index contributed by atoms with van der Waals surface area (Å²) in [5.41, 5.74) is 3.83. The Morgan fingerprint density at radius 3 is 2.00 bits per heavy atom. The Bertz CT molecular complexity index is 328. The molecule has 1 heteroatoms. The molecule has 0 spiro atoms. The van der Waals surface area contributed by atoms with E-state index in [-0.39, 0.29) is 5.38 Å². The van der Waals surface area contributed by atoms with Gasteiger partial charge in [0.2, 0.25) is 0 Å². The Balaban J connectivity index is 0. The van der Waals surface area contributed by atoms with Crippen molar-refractivity contribution in [1.82, 2.24) is 0 Å². The SMILES string of the molecule is CC.C\C=C/C(CC)=C(/C=C\CC)C(=C\C)\C(C)Cl. The molecule has 0 radical (unpaired) electrons. The summed E-state index contributed by atoms with van der Waals surface area (Å²) < 4.78 is 0. The first-order valence-electron chi connectivity index (χ1n) is 7.45. The normalized spacial score (nSPS) is 15.3. The molecule has 1 atom stereocenters. The van der Waals surface area contributed by atoms with Crippen molar-refractivity contribution >= 4 is 11.6 Å². The van der Waals surface area contributed by atoms with Gasteiger partial charge in [0.1, 0.15) is 0 Å². The van der Waals surface area contributed by atoms with Crippen LogP contribution in [0.1, 0.15) is 61.3 Å². The summed E-state index contributed by atoms with van der Waals surface area (Å²) in [6, 6.07) is 0. The highest BCUT2D eigenvalue weighted by Gasteiger charge is 2.10. The third-order valence-corrected chi connectivity index (χ3v) is 2.90. The fraction of sp³-hybridized carbons (Fsp3) is 0.556. The monoisotopic (exact) mass is 282 g/mol. The van der Waals surface area contributed by atoms with Crippen molar-refractivity contribution in [2.24, 2.45) is 0 Å². The summed E-state index contributed by atoms with van der Waals surface area (Å²) in [6.45, 7) is 14.5. The van der Waals surface area contributed by atoms with Crippen molar-refractivity contribution < 1.29 is 0 Å². The molecular formula is C18H31Cl. The van der Waals surface area contributed by atoms with Gasteiger partial charge in [0.25, 0.3) is 0 Å². The van der Waals surface area contributed by atoms with E-state index < -0.39 is 0 Å². The minimum atomic E-state index is 0.0447. The lowest BCUT2D eigenvalue weighted by Crippen LogP contribution is -2.02. The molecule has 0 saturated carbocycles. The second-order valence-corrected chi connectivity index (χ2v) is 4.62. The second kappa shape index (κ2) is 13.7. The zero-order valence-corrected chi connectivity index (χ0v) is 14.5. The highest BCUT2D eigenvalue weighted by Crippen LogP contribution is 2.25. The van der Waals surface area contributed by atoms with Crippen molar-refractivity contribution in [3.8, 4) is 0 Å². The third-order valence-electron chi connectivity index (χ3n) is 2.67. The first-order chi connectivity index (χ1) is 9.12. The van der Waals surface area contributed by atoms with Crippen LogP contribution in [0, 0.1) is 0 Å². The van der Waals surface area contributed by atoms with Crippen molar-refractivity contribution in [2.75, 3.05) is 0 Å². The molecule has 0 aromatic rings. The lowest BCUT2D eigenvalue weighted by atomic mass is 9.95. The van der Waals surface area contributed by atoms with Crippen LogP contribution in [0.25, 0.3) is 0 Å². The fourth-order valence-electron chi connectivity index (χ4n) is 1.82. The van der Waals surface area contributed by atoms with Gasteiger partial charge in [0.15, 0.2) is 0 Å². The van der Waals surface area contributed by atoms with Crippen LogP contribution in [0.3, 0.4) is 0 Å². The molecule has 110 valence electrons. The molecular weight excluding hydrogens is 252 g/mol. The van der Waals surface area contributed by atoms with Crippen molar-refractivity contribution in [2.45, 2.75) is 66.7 Å². The largest absolute Gasteiger partial charge is 0.118 e. The van der Waals surface area contributed by atoms with Crippen molar-refractivity contribution in [3.05, 3.63) is 47.1 Å². The first-order valence-corrected chi connectivity index (χ1v) is 7.88. The molecule has 0 saturated heterocycles. The predicted molar refractivity (Wildman–Crippen MR) is 92.0 cm³/mol. The maximum atomic E-state index is 6.26. The van der Waals surface area contributed by atoms with E-state index in [1.807, 2.05) is 20.8 Å². The van der Waals surface area contributed by atoms with Gasteiger partial charge < -0.3 is 0 Å². The van der Waals surface area contributed by atoms with Crippen LogP contribution in [-0.2, 0) is 0 Å². The van der Waals surface area contributed by atoms with Gasteiger partial charge in [-0.3, -0.25) is 0 Å². The Hall–Kier alpha value is -0.750. The van der Waals surface area contributed by atoms with E-state index in [2.05, 4.69) is 58.1 Å². The maximum absolute atomic E-state index is 6.26. The molecule has 0 N–H and O–H groups in total. The van der Waals surface area contributed by atoms with E-state index in [4.69, 9.17) is 11.6 Å². The van der Waals surface area contributed by atoms with Crippen molar-refractivity contribution in [3.63, 3.8) is 0 Å². The van der Waals surface area contributed by atoms with E-state index in [1.54, 1.807) is 0 Å². The Morgan fingerprint density at radius 2 is 1.68 bits per heavy atom. The molecule has 0 aliphatic carbocycles. The average molecular weight is 283 g/mol. The van der Waals surface area contributed by atoms with Gasteiger partial charge in [-0.1, -0.05) is 58.1 Å². The maximum Gasteiger partial charge on any atom is 0.0559 e. The van der Waals surface area contributed by atoms with Crippen LogP contribution in [0.15, 0.2) is 47.1 Å². The lowest BCUT2D eigenvalue weighted by Gasteiger charge is -2.14. The zero-order chi connectivity index (χ0) is 15.3. The third kappa shape index (κ3) is 8.10. The summed E-state index contributed by atoms with van der Waals surface area (Å²) in [4.78, 5) is 0. The summed E-state index contributed by atoms with van der Waals surface area (Å²) >= 11 is 6.26. The smallest absolute Gasteiger partial charge is 0.0559 e. The van der Waals surface area contributed by atoms with Gasteiger partial charge in [-0.15, -0.1) is 11.6 Å². The Morgan fingerprint density at radius 1 is 1.11 bits per heavy atom. The van der Waals surface area contributed by atoms with Crippen LogP contribution in [0.4, 0.5) is 0 Å². The topological polar surface area (TPSA) is 0 Å². The summed E-state index contributed by atoms with van der Waals surface area (Å²) in [5.74, 6) is 0. The summed E-state index contributed by atoms with van der Waals surface area (Å²) in [5, 5.41) is 0.0447. The molecule has 0 heterocycles. The minimum absolute atomic E-state index is 0.0447. The van der Waals surface area contributed by atoms with Gasteiger partial charge in [-0.05, 0) is 50.3 Å². The molecule has 0 rings (SSSR count). The van der Waals surface area contributed by atoms with Crippen LogP contribution >= 0.6 is 11.6 Å². The number of halogens is 1. The fourth-order valence-corrected chi connectivity index (χ4v) is 2.07. The lowest BCUT2D eigenvalue weighted by molar-refractivity contribution is 1.06. The molecule has 19 heavy (non-hydrogen) atoms.